The maximum atomic E-state index is 2.47. The second-order valence-corrected chi connectivity index (χ2v) is 9.67. The van der Waals surface area contributed by atoms with Gasteiger partial charge in [0.2, 0.25) is 0 Å². The lowest BCUT2D eigenvalue weighted by molar-refractivity contribution is 0.411. The van der Waals surface area contributed by atoms with Crippen molar-refractivity contribution in [3.8, 4) is 0 Å². The van der Waals surface area contributed by atoms with Crippen LogP contribution in [0.25, 0.3) is 0 Å². The molecule has 21 heavy (non-hydrogen) atoms. The van der Waals surface area contributed by atoms with Crippen LogP contribution in [0.5, 0.6) is 0 Å². The molecule has 0 aliphatic carbocycles. The summed E-state index contributed by atoms with van der Waals surface area (Å²) in [5, 5.41) is 0.529. The molecule has 2 fully saturated rings. The van der Waals surface area contributed by atoms with Crippen LogP contribution < -0.4 is 0 Å². The van der Waals surface area contributed by atoms with Crippen LogP contribution in [0.3, 0.4) is 0 Å². The second kappa shape index (κ2) is 7.60. The fraction of sp³-hybridized carbons (Fsp3) is 1.00. The Labute approximate surface area is 135 Å². The lowest BCUT2D eigenvalue weighted by Crippen LogP contribution is -2.37. The summed E-state index contributed by atoms with van der Waals surface area (Å²) in [6.45, 7) is 14.2. The third-order valence-corrected chi connectivity index (χ3v) is 6.63. The summed E-state index contributed by atoms with van der Waals surface area (Å²) >= 11 is 0. The van der Waals surface area contributed by atoms with E-state index >= 15 is 0 Å². The van der Waals surface area contributed by atoms with Crippen LogP contribution in [-0.4, -0.2) is 13.4 Å². The van der Waals surface area contributed by atoms with E-state index in [0.717, 1.165) is 31.1 Å². The maximum absolute atomic E-state index is 2.47. The summed E-state index contributed by atoms with van der Waals surface area (Å²) in [6.07, 6.45) is 15.1. The van der Waals surface area contributed by atoms with Crippen LogP contribution in [0, 0.1) is 11.8 Å². The molecule has 2 rings (SSSR count). The van der Waals surface area contributed by atoms with Crippen molar-refractivity contribution in [3.63, 3.8) is 0 Å². The Hall–Kier alpha value is 0.130. The first-order valence-electron chi connectivity index (χ1n) is 9.88. The molecule has 2 aliphatic heterocycles. The molecule has 120 valence electrons. The van der Waals surface area contributed by atoms with Gasteiger partial charge in [-0.05, 0) is 5.92 Å². The molecule has 2 atom stereocenters. The minimum atomic E-state index is 0.529. The largest absolute Gasteiger partial charge is 0.145 e. The van der Waals surface area contributed by atoms with Crippen LogP contribution in [-0.2, 0) is 0 Å². The van der Waals surface area contributed by atoms with Gasteiger partial charge >= 0.3 is 0 Å². The van der Waals surface area contributed by atoms with Gasteiger partial charge in [0.25, 0.3) is 0 Å². The van der Waals surface area contributed by atoms with Gasteiger partial charge in [-0.3, -0.25) is 0 Å². The molecule has 0 bridgehead atoms. The van der Waals surface area contributed by atoms with Crippen molar-refractivity contribution in [2.75, 3.05) is 0 Å². The molecular weight excluding hydrogens is 250 g/mol. The Morgan fingerprint density at radius 3 is 2.43 bits per heavy atom. The standard InChI is InChI=1S/C19H38B2/c1-16(2)11-14-20-12-7-6-10-18(20)17-9-8-13-21(15-17)19(3,4)5/h16-18H,6-15H2,1-5H3. The Morgan fingerprint density at radius 2 is 1.76 bits per heavy atom. The Bertz CT molecular complexity index is 305. The number of rotatable bonds is 4. The van der Waals surface area contributed by atoms with E-state index in [1.165, 1.54) is 57.4 Å². The maximum Gasteiger partial charge on any atom is 0.145 e. The fourth-order valence-corrected chi connectivity index (χ4v) is 5.17. The highest BCUT2D eigenvalue weighted by molar-refractivity contribution is 6.63. The zero-order chi connectivity index (χ0) is 15.5. The molecule has 0 aromatic carbocycles. The fourth-order valence-electron chi connectivity index (χ4n) is 5.17. The summed E-state index contributed by atoms with van der Waals surface area (Å²) in [4.78, 5) is 0. The van der Waals surface area contributed by atoms with Gasteiger partial charge in [-0.15, -0.1) is 0 Å². The van der Waals surface area contributed by atoms with E-state index in [1.54, 1.807) is 6.42 Å². The van der Waals surface area contributed by atoms with Crippen molar-refractivity contribution < 1.29 is 0 Å². The topological polar surface area (TPSA) is 0 Å². The molecule has 0 aromatic rings. The van der Waals surface area contributed by atoms with Crippen molar-refractivity contribution in [1.82, 2.24) is 0 Å². The first-order valence-corrected chi connectivity index (χ1v) is 9.88. The lowest BCUT2D eigenvalue weighted by Gasteiger charge is -2.42. The summed E-state index contributed by atoms with van der Waals surface area (Å²) in [6, 6.07) is 0. The summed E-state index contributed by atoms with van der Waals surface area (Å²) in [7, 11) is 0. The molecule has 2 unspecified atom stereocenters. The van der Waals surface area contributed by atoms with Crippen LogP contribution in [0.1, 0.15) is 73.1 Å². The zero-order valence-electron chi connectivity index (χ0n) is 15.5. The van der Waals surface area contributed by atoms with Gasteiger partial charge < -0.3 is 0 Å². The highest BCUT2D eigenvalue weighted by Gasteiger charge is 2.40. The Kier molecular flexibility index (Phi) is 6.33. The predicted molar refractivity (Wildman–Crippen MR) is 100 cm³/mol. The normalized spacial score (nSPS) is 28.3. The first-order chi connectivity index (χ1) is 9.88. The molecular formula is C19H38B2. The average molecular weight is 288 g/mol. The number of hydrogen-bond donors (Lipinski definition) is 0. The first kappa shape index (κ1) is 17.5. The van der Waals surface area contributed by atoms with E-state index in [0.29, 0.717) is 5.31 Å². The highest BCUT2D eigenvalue weighted by Crippen LogP contribution is 2.48. The molecule has 2 aliphatic rings. The zero-order valence-corrected chi connectivity index (χ0v) is 15.5. The SMILES string of the molecule is CC(C)CCB1CCCCC1C1CCCB(C(C)(C)C)C1. The minimum Gasteiger partial charge on any atom is -0.0739 e. The molecule has 0 amide bonds. The summed E-state index contributed by atoms with van der Waals surface area (Å²) < 4.78 is 0. The lowest BCUT2D eigenvalue weighted by atomic mass is 9.24. The molecule has 0 aromatic heterocycles. The molecule has 0 radical (unpaired) electrons. The van der Waals surface area contributed by atoms with Crippen molar-refractivity contribution in [2.24, 2.45) is 11.8 Å². The molecule has 2 heteroatoms. The number of hydrogen-bond acceptors (Lipinski definition) is 0. The van der Waals surface area contributed by atoms with Crippen LogP contribution in [0.4, 0.5) is 0 Å². The van der Waals surface area contributed by atoms with Crippen molar-refractivity contribution >= 4 is 13.4 Å². The van der Waals surface area contributed by atoms with Gasteiger partial charge in [-0.2, -0.15) is 0 Å². The predicted octanol–water partition coefficient (Wildman–Crippen LogP) is 6.79. The van der Waals surface area contributed by atoms with Crippen LogP contribution in [0.2, 0.25) is 36.4 Å². The van der Waals surface area contributed by atoms with Gasteiger partial charge in [0.15, 0.2) is 0 Å². The van der Waals surface area contributed by atoms with E-state index in [9.17, 15) is 0 Å². The quantitative estimate of drug-likeness (QED) is 0.500. The molecule has 0 N–H and O–H groups in total. The summed E-state index contributed by atoms with van der Waals surface area (Å²) in [5.41, 5.74) is 0. The molecule has 2 saturated heterocycles. The van der Waals surface area contributed by atoms with Gasteiger partial charge in [0, 0.05) is 0 Å². The average Bonchev–Trinajstić information content (AvgIpc) is 2.44. The van der Waals surface area contributed by atoms with Gasteiger partial charge in [-0.1, -0.05) is 115 Å². The third kappa shape index (κ3) is 5.07. The Balaban J connectivity index is 1.96. The molecule has 0 spiro atoms. The minimum absolute atomic E-state index is 0.529. The van der Waals surface area contributed by atoms with Gasteiger partial charge in [-0.25, -0.2) is 0 Å². The molecule has 0 nitrogen and oxygen atoms in total. The van der Waals surface area contributed by atoms with Gasteiger partial charge in [0.1, 0.15) is 13.4 Å². The van der Waals surface area contributed by atoms with Crippen LogP contribution in [0.15, 0.2) is 0 Å². The van der Waals surface area contributed by atoms with Gasteiger partial charge in [0.05, 0.1) is 0 Å². The summed E-state index contributed by atoms with van der Waals surface area (Å²) in [5.74, 6) is 3.02. The molecule has 2 heterocycles. The van der Waals surface area contributed by atoms with E-state index in [1.807, 2.05) is 0 Å². The van der Waals surface area contributed by atoms with E-state index in [-0.39, 0.29) is 0 Å². The van der Waals surface area contributed by atoms with E-state index in [2.05, 4.69) is 34.6 Å². The highest BCUT2D eigenvalue weighted by atomic mass is 14.3. The molecule has 0 saturated carbocycles. The van der Waals surface area contributed by atoms with E-state index in [4.69, 9.17) is 0 Å². The van der Waals surface area contributed by atoms with E-state index < -0.39 is 0 Å². The van der Waals surface area contributed by atoms with Crippen molar-refractivity contribution in [1.29, 1.82) is 0 Å². The van der Waals surface area contributed by atoms with Crippen molar-refractivity contribution in [3.05, 3.63) is 0 Å². The second-order valence-electron chi connectivity index (χ2n) is 9.67. The Morgan fingerprint density at radius 1 is 1.00 bits per heavy atom. The van der Waals surface area contributed by atoms with Crippen LogP contribution >= 0.6 is 0 Å². The third-order valence-electron chi connectivity index (χ3n) is 6.63. The monoisotopic (exact) mass is 288 g/mol. The smallest absolute Gasteiger partial charge is 0.0739 e. The van der Waals surface area contributed by atoms with Crippen molar-refractivity contribution in [2.45, 2.75) is 110 Å².